The molecule has 2 bridgehead atoms. The molecular weight excluding hydrogens is 116 g/mol. The van der Waals surface area contributed by atoms with Gasteiger partial charge in [0.05, 0.1) is 6.10 Å². The Morgan fingerprint density at radius 1 is 1.67 bits per heavy atom. The van der Waals surface area contributed by atoms with Crippen molar-refractivity contribution in [2.45, 2.75) is 18.2 Å². The Morgan fingerprint density at radius 2 is 2.44 bits per heavy atom. The lowest BCUT2D eigenvalue weighted by molar-refractivity contribution is 0.148. The third kappa shape index (κ3) is 0.625. The zero-order valence-electron chi connectivity index (χ0n) is 5.54. The molecule has 0 aromatic carbocycles. The SMILES string of the molecule is CN1CC2NCC1C2O. The van der Waals surface area contributed by atoms with Crippen LogP contribution in [0.5, 0.6) is 0 Å². The maximum atomic E-state index is 9.39. The van der Waals surface area contributed by atoms with Crippen LogP contribution in [0.3, 0.4) is 0 Å². The molecule has 2 N–H and O–H groups in total. The Balaban J connectivity index is 2.16. The van der Waals surface area contributed by atoms with E-state index in [1.807, 2.05) is 0 Å². The zero-order valence-corrected chi connectivity index (χ0v) is 5.54. The van der Waals surface area contributed by atoms with Gasteiger partial charge in [-0.1, -0.05) is 0 Å². The summed E-state index contributed by atoms with van der Waals surface area (Å²) in [7, 11) is 2.06. The molecule has 2 aliphatic heterocycles. The third-order valence-electron chi connectivity index (χ3n) is 2.45. The average molecular weight is 128 g/mol. The van der Waals surface area contributed by atoms with Gasteiger partial charge in [-0.2, -0.15) is 0 Å². The molecular formula is C6H12N2O. The summed E-state index contributed by atoms with van der Waals surface area (Å²) in [6, 6.07) is 0.731. The van der Waals surface area contributed by atoms with Crippen LogP contribution in [0, 0.1) is 0 Å². The number of nitrogens with one attached hydrogen (secondary N) is 1. The van der Waals surface area contributed by atoms with Crippen molar-refractivity contribution in [3.63, 3.8) is 0 Å². The predicted octanol–water partition coefficient (Wildman–Crippen LogP) is -1.37. The highest BCUT2D eigenvalue weighted by Gasteiger charge is 2.43. The van der Waals surface area contributed by atoms with Crippen LogP contribution in [0.25, 0.3) is 0 Å². The first-order chi connectivity index (χ1) is 4.29. The average Bonchev–Trinajstić information content (AvgIpc) is 2.25. The zero-order chi connectivity index (χ0) is 6.43. The Labute approximate surface area is 54.7 Å². The van der Waals surface area contributed by atoms with Crippen LogP contribution in [0.4, 0.5) is 0 Å². The van der Waals surface area contributed by atoms with Gasteiger partial charge >= 0.3 is 0 Å². The van der Waals surface area contributed by atoms with Gasteiger partial charge in [-0.3, -0.25) is 4.90 Å². The molecule has 3 nitrogen and oxygen atoms in total. The molecule has 3 atom stereocenters. The van der Waals surface area contributed by atoms with Crippen LogP contribution in [0.2, 0.25) is 0 Å². The summed E-state index contributed by atoms with van der Waals surface area (Å²) in [6.07, 6.45) is -0.116. The molecule has 0 radical (unpaired) electrons. The van der Waals surface area contributed by atoms with Crippen LogP contribution in [-0.2, 0) is 0 Å². The van der Waals surface area contributed by atoms with Gasteiger partial charge in [0, 0.05) is 25.2 Å². The van der Waals surface area contributed by atoms with Crippen molar-refractivity contribution in [3.05, 3.63) is 0 Å². The topological polar surface area (TPSA) is 35.5 Å². The largest absolute Gasteiger partial charge is 0.390 e. The van der Waals surface area contributed by atoms with Gasteiger partial charge in [-0.15, -0.1) is 0 Å². The van der Waals surface area contributed by atoms with E-state index in [1.165, 1.54) is 0 Å². The monoisotopic (exact) mass is 128 g/mol. The summed E-state index contributed by atoms with van der Waals surface area (Å²) in [6.45, 7) is 1.97. The number of hydrogen-bond donors (Lipinski definition) is 2. The van der Waals surface area contributed by atoms with E-state index in [0.717, 1.165) is 13.1 Å². The number of aliphatic hydroxyl groups excluding tert-OH is 1. The van der Waals surface area contributed by atoms with Gasteiger partial charge in [-0.05, 0) is 7.05 Å². The van der Waals surface area contributed by atoms with Crippen LogP contribution in [0.1, 0.15) is 0 Å². The quantitative estimate of drug-likeness (QED) is 0.422. The fraction of sp³-hybridized carbons (Fsp3) is 1.00. The Hall–Kier alpha value is -0.120. The van der Waals surface area contributed by atoms with E-state index in [-0.39, 0.29) is 6.10 Å². The molecule has 2 aliphatic rings. The third-order valence-corrected chi connectivity index (χ3v) is 2.45. The van der Waals surface area contributed by atoms with Gasteiger partial charge in [0.15, 0.2) is 0 Å². The van der Waals surface area contributed by atoms with Crippen molar-refractivity contribution >= 4 is 0 Å². The van der Waals surface area contributed by atoms with Crippen molar-refractivity contribution in [1.82, 2.24) is 10.2 Å². The lowest BCUT2D eigenvalue weighted by atomic mass is 10.2. The first-order valence-corrected chi connectivity index (χ1v) is 3.41. The fourth-order valence-corrected chi connectivity index (χ4v) is 1.82. The number of aliphatic hydroxyl groups is 1. The van der Waals surface area contributed by atoms with Crippen molar-refractivity contribution in [3.8, 4) is 0 Å². The van der Waals surface area contributed by atoms with Crippen LogP contribution >= 0.6 is 0 Å². The van der Waals surface area contributed by atoms with Gasteiger partial charge in [-0.25, -0.2) is 0 Å². The Bertz CT molecular complexity index is 128. The number of piperazine rings is 1. The van der Waals surface area contributed by atoms with E-state index in [9.17, 15) is 5.11 Å². The van der Waals surface area contributed by atoms with Gasteiger partial charge in [0.2, 0.25) is 0 Å². The molecule has 3 unspecified atom stereocenters. The molecule has 0 aromatic heterocycles. The van der Waals surface area contributed by atoms with E-state index in [4.69, 9.17) is 0 Å². The van der Waals surface area contributed by atoms with E-state index >= 15 is 0 Å². The second-order valence-electron chi connectivity index (χ2n) is 3.01. The lowest BCUT2D eigenvalue weighted by Crippen LogP contribution is -2.41. The molecule has 52 valence electrons. The lowest BCUT2D eigenvalue weighted by Gasteiger charge is -2.21. The molecule has 0 aromatic rings. The normalized spacial score (nSPS) is 50.7. The van der Waals surface area contributed by atoms with Gasteiger partial charge < -0.3 is 10.4 Å². The molecule has 9 heavy (non-hydrogen) atoms. The summed E-state index contributed by atoms with van der Waals surface area (Å²) in [4.78, 5) is 2.21. The first-order valence-electron chi connectivity index (χ1n) is 3.41. The molecule has 0 spiro atoms. The number of hydrogen-bond acceptors (Lipinski definition) is 3. The molecule has 2 heterocycles. The molecule has 0 amide bonds. The highest BCUT2D eigenvalue weighted by molar-refractivity contribution is 5.03. The molecule has 2 saturated heterocycles. The number of fused-ring (bicyclic) bond motifs is 2. The minimum atomic E-state index is -0.116. The second-order valence-corrected chi connectivity index (χ2v) is 3.01. The molecule has 0 aliphatic carbocycles. The van der Waals surface area contributed by atoms with Gasteiger partial charge in [0.25, 0.3) is 0 Å². The van der Waals surface area contributed by atoms with Gasteiger partial charge in [0.1, 0.15) is 0 Å². The van der Waals surface area contributed by atoms with Crippen molar-refractivity contribution in [1.29, 1.82) is 0 Å². The standard InChI is InChI=1S/C6H12N2O/c1-8-3-4-6(9)5(8)2-7-4/h4-7,9H,2-3H2,1H3. The Morgan fingerprint density at radius 3 is 2.67 bits per heavy atom. The number of nitrogens with zero attached hydrogens (tertiary/aromatic N) is 1. The number of rotatable bonds is 0. The highest BCUT2D eigenvalue weighted by atomic mass is 16.3. The molecule has 0 saturated carbocycles. The molecule has 2 rings (SSSR count). The molecule has 3 heteroatoms. The second kappa shape index (κ2) is 1.68. The fourth-order valence-electron chi connectivity index (χ4n) is 1.82. The minimum absolute atomic E-state index is 0.116. The summed E-state index contributed by atoms with van der Waals surface area (Å²) >= 11 is 0. The van der Waals surface area contributed by atoms with E-state index < -0.39 is 0 Å². The van der Waals surface area contributed by atoms with E-state index in [2.05, 4.69) is 17.3 Å². The highest BCUT2D eigenvalue weighted by Crippen LogP contribution is 2.21. The summed E-state index contributed by atoms with van der Waals surface area (Å²) in [5, 5.41) is 12.6. The maximum Gasteiger partial charge on any atom is 0.0872 e. The summed E-state index contributed by atoms with van der Waals surface area (Å²) in [5.74, 6) is 0. The molecule has 2 fully saturated rings. The minimum Gasteiger partial charge on any atom is -0.390 e. The van der Waals surface area contributed by atoms with E-state index in [1.54, 1.807) is 0 Å². The first kappa shape index (κ1) is 5.65. The van der Waals surface area contributed by atoms with E-state index in [0.29, 0.717) is 12.1 Å². The predicted molar refractivity (Wildman–Crippen MR) is 34.2 cm³/mol. The smallest absolute Gasteiger partial charge is 0.0872 e. The van der Waals surface area contributed by atoms with Crippen molar-refractivity contribution in [2.75, 3.05) is 20.1 Å². The summed E-state index contributed by atoms with van der Waals surface area (Å²) in [5.41, 5.74) is 0. The Kier molecular flexibility index (Phi) is 1.06. The summed E-state index contributed by atoms with van der Waals surface area (Å²) < 4.78 is 0. The van der Waals surface area contributed by atoms with Crippen molar-refractivity contribution < 1.29 is 5.11 Å². The van der Waals surface area contributed by atoms with Crippen LogP contribution in [-0.4, -0.2) is 48.3 Å². The number of likely N-dealkylation sites (tertiary alicyclic amines) is 1. The van der Waals surface area contributed by atoms with Crippen LogP contribution in [0.15, 0.2) is 0 Å². The maximum absolute atomic E-state index is 9.39. The van der Waals surface area contributed by atoms with Crippen molar-refractivity contribution in [2.24, 2.45) is 0 Å². The number of likely N-dealkylation sites (N-methyl/N-ethyl adjacent to an activating group) is 1. The van der Waals surface area contributed by atoms with Crippen LogP contribution < -0.4 is 5.32 Å².